The Morgan fingerprint density at radius 2 is 1.85 bits per heavy atom. The number of likely N-dealkylation sites (N-methyl/N-ethyl adjacent to an activating group) is 1. The quantitative estimate of drug-likeness (QED) is 0.116. The van der Waals surface area contributed by atoms with Gasteiger partial charge in [0, 0.05) is 70.3 Å². The second-order valence-corrected chi connectivity index (χ2v) is 18.4. The van der Waals surface area contributed by atoms with Crippen molar-refractivity contribution in [3.8, 4) is 0 Å². The summed E-state index contributed by atoms with van der Waals surface area (Å²) < 4.78 is 43.6. The number of fused-ring (bicyclic) bond motifs is 4. The molecule has 5 amide bonds. The van der Waals surface area contributed by atoms with Gasteiger partial charge in [-0.1, -0.05) is 6.07 Å². The maximum Gasteiger partial charge on any atom is 0.284 e. The van der Waals surface area contributed by atoms with Crippen LogP contribution < -0.4 is 20.9 Å². The average Bonchev–Trinajstić information content (AvgIpc) is 4.16. The molecule has 1 aliphatic carbocycles. The smallest absolute Gasteiger partial charge is 0.284 e. The van der Waals surface area contributed by atoms with Crippen LogP contribution in [0.2, 0.25) is 0 Å². The van der Waals surface area contributed by atoms with E-state index < -0.39 is 47.7 Å². The number of carbonyl (C=O) groups excluding carboxylic acids is 5. The van der Waals surface area contributed by atoms with Crippen LogP contribution in [0.5, 0.6) is 0 Å². The molecule has 0 spiro atoms. The molecule has 8 heterocycles. The van der Waals surface area contributed by atoms with E-state index in [1.54, 1.807) is 29.1 Å². The number of alkyl halides is 2. The summed E-state index contributed by atoms with van der Waals surface area (Å²) in [7, 11) is 2.10. The molecule has 3 N–H and O–H groups in total. The zero-order valence-electron chi connectivity index (χ0n) is 36.7. The van der Waals surface area contributed by atoms with Crippen molar-refractivity contribution in [2.45, 2.75) is 88.1 Å². The van der Waals surface area contributed by atoms with Crippen molar-refractivity contribution in [1.29, 1.82) is 0 Å². The first-order valence-electron chi connectivity index (χ1n) is 23.0. The van der Waals surface area contributed by atoms with E-state index in [4.69, 9.17) is 14.5 Å². The fraction of sp³-hybridized carbons (Fsp3) is 0.556. The third kappa shape index (κ3) is 8.75. The van der Waals surface area contributed by atoms with E-state index in [1.807, 2.05) is 6.07 Å². The van der Waals surface area contributed by atoms with E-state index in [2.05, 4.69) is 47.9 Å². The van der Waals surface area contributed by atoms with E-state index in [0.29, 0.717) is 37.0 Å². The Kier molecular flexibility index (Phi) is 12.3. The summed E-state index contributed by atoms with van der Waals surface area (Å²) in [5.74, 6) is -1.55. The first-order chi connectivity index (χ1) is 32.0. The lowest BCUT2D eigenvalue weighted by Crippen LogP contribution is -2.54. The lowest BCUT2D eigenvalue weighted by atomic mass is 9.86. The molecule has 5 aliphatic heterocycles. The Balaban J connectivity index is 0.674. The summed E-state index contributed by atoms with van der Waals surface area (Å²) in [6.07, 6.45) is 7.27. The summed E-state index contributed by atoms with van der Waals surface area (Å²) in [6.45, 7) is 6.59. The largest absolute Gasteiger partial charge is 0.384 e. The van der Waals surface area contributed by atoms with Crippen molar-refractivity contribution in [2.24, 2.45) is 5.92 Å². The van der Waals surface area contributed by atoms with E-state index in [1.165, 1.54) is 16.9 Å². The molecule has 10 rings (SSSR count). The minimum absolute atomic E-state index is 0.0206. The molecule has 3 aromatic heterocycles. The number of piperidine rings is 1. The van der Waals surface area contributed by atoms with Crippen molar-refractivity contribution in [2.75, 3.05) is 81.6 Å². The number of morpholine rings is 2. The summed E-state index contributed by atoms with van der Waals surface area (Å²) in [5, 5.41) is 16.8. The molecule has 6 aliphatic rings. The van der Waals surface area contributed by atoms with Gasteiger partial charge in [0.2, 0.25) is 11.8 Å². The number of benzene rings is 1. The first-order valence-corrected chi connectivity index (χ1v) is 23.0. The highest BCUT2D eigenvalue weighted by molar-refractivity contribution is 6.25. The van der Waals surface area contributed by atoms with Crippen LogP contribution in [-0.2, 0) is 19.1 Å². The molecular formula is C45H54F2N12O7. The van der Waals surface area contributed by atoms with Gasteiger partial charge in [0.1, 0.15) is 17.4 Å². The van der Waals surface area contributed by atoms with Crippen molar-refractivity contribution < 1.29 is 42.2 Å². The fourth-order valence-corrected chi connectivity index (χ4v) is 10.6. The monoisotopic (exact) mass is 912 g/mol. The fourth-order valence-electron chi connectivity index (χ4n) is 10.6. The number of rotatable bonds is 15. The summed E-state index contributed by atoms with van der Waals surface area (Å²) >= 11 is 0. The molecule has 2 bridgehead atoms. The molecule has 1 unspecified atom stereocenters. The number of anilines is 3. The number of aromatic nitrogens is 5. The first kappa shape index (κ1) is 44.0. The number of carbonyl (C=O) groups is 5. The SMILES string of the molecule is CN(CC1CCC(n2cc(NC(=O)c3cnn4ccc(N5C[C@H]6C[C@@H]5CO6)nc34)c(C(F)F)n2)CC1)C[C@H]1CN(CCCNc2cccc3c2C(=O)N(C2CCC(=O)NC2=O)C3=O)CCO1. The molecule has 66 heavy (non-hydrogen) atoms. The molecule has 4 aromatic rings. The zero-order valence-corrected chi connectivity index (χ0v) is 36.7. The molecule has 4 atom stereocenters. The highest BCUT2D eigenvalue weighted by Gasteiger charge is 2.46. The summed E-state index contributed by atoms with van der Waals surface area (Å²) in [4.78, 5) is 77.0. The average molecular weight is 913 g/mol. The van der Waals surface area contributed by atoms with Gasteiger partial charge in [-0.2, -0.15) is 10.2 Å². The molecule has 19 nitrogen and oxygen atoms in total. The summed E-state index contributed by atoms with van der Waals surface area (Å²) in [6, 6.07) is 6.07. The number of hydrogen-bond donors (Lipinski definition) is 3. The van der Waals surface area contributed by atoms with Crippen LogP contribution in [0.1, 0.15) is 101 Å². The highest BCUT2D eigenvalue weighted by atomic mass is 19.3. The maximum atomic E-state index is 14.3. The second kappa shape index (κ2) is 18.4. The van der Waals surface area contributed by atoms with Gasteiger partial charge in [-0.3, -0.25) is 43.8 Å². The predicted octanol–water partition coefficient (Wildman–Crippen LogP) is 3.36. The lowest BCUT2D eigenvalue weighted by molar-refractivity contribution is -0.136. The second-order valence-electron chi connectivity index (χ2n) is 18.4. The van der Waals surface area contributed by atoms with Crippen molar-refractivity contribution in [3.05, 3.63) is 65.2 Å². The number of nitrogens with zero attached hydrogens (tertiary/aromatic N) is 9. The molecular weight excluding hydrogens is 859 g/mol. The predicted molar refractivity (Wildman–Crippen MR) is 235 cm³/mol. The van der Waals surface area contributed by atoms with Crippen LogP contribution in [0.4, 0.5) is 26.0 Å². The third-order valence-electron chi connectivity index (χ3n) is 13.9. The highest BCUT2D eigenvalue weighted by Crippen LogP contribution is 2.37. The van der Waals surface area contributed by atoms with Crippen LogP contribution in [-0.4, -0.2) is 159 Å². The Morgan fingerprint density at radius 1 is 1.00 bits per heavy atom. The van der Waals surface area contributed by atoms with E-state index in [9.17, 15) is 32.8 Å². The number of hydrogen-bond acceptors (Lipinski definition) is 14. The van der Waals surface area contributed by atoms with Crippen molar-refractivity contribution in [3.63, 3.8) is 0 Å². The minimum atomic E-state index is -2.88. The van der Waals surface area contributed by atoms with Gasteiger partial charge in [-0.05, 0) is 76.1 Å². The minimum Gasteiger partial charge on any atom is -0.384 e. The molecule has 5 fully saturated rings. The number of ether oxygens (including phenoxy) is 2. The molecule has 1 aromatic carbocycles. The van der Waals surface area contributed by atoms with Gasteiger partial charge in [0.05, 0.1) is 60.5 Å². The Labute approximate surface area is 379 Å². The molecule has 1 saturated carbocycles. The molecule has 4 saturated heterocycles. The Morgan fingerprint density at radius 3 is 2.62 bits per heavy atom. The maximum absolute atomic E-state index is 14.3. The number of halogens is 2. The van der Waals surface area contributed by atoms with E-state index >= 15 is 0 Å². The topological polar surface area (TPSA) is 201 Å². The normalized spacial score (nSPS) is 25.7. The molecule has 350 valence electrons. The van der Waals surface area contributed by atoms with Gasteiger partial charge in [0.15, 0.2) is 11.3 Å². The van der Waals surface area contributed by atoms with Crippen molar-refractivity contribution >= 4 is 52.4 Å². The van der Waals surface area contributed by atoms with Crippen molar-refractivity contribution in [1.82, 2.24) is 44.4 Å². The standard InChI is InChI=1S/C45H54F2N12O7/c1-54(21-30-22-55(16-17-65-30)14-3-13-48-33-5-2-4-31-38(33)45(64)59(44(31)63)35-10-11-37(60)52-43(35)62)20-26-6-8-27(9-7-26)58-24-34(39(53-58)40(46)47)50-42(61)32-19-49-57-15-12-36(51-41(32)57)56-23-29-18-28(56)25-66-29/h2,4-5,12,15,19,24,26-30,35,40,48H,3,6-11,13-14,16-18,20-23,25H2,1H3,(H,50,61)(H,52,60,62)/t26?,27?,28-,29-,30+,35?/m1/s1. The number of nitrogens with one attached hydrogen (secondary N) is 3. The van der Waals surface area contributed by atoms with Crippen LogP contribution in [0.25, 0.3) is 5.65 Å². The van der Waals surface area contributed by atoms with Gasteiger partial charge in [0.25, 0.3) is 24.1 Å². The van der Waals surface area contributed by atoms with Gasteiger partial charge in [-0.25, -0.2) is 18.3 Å². The van der Waals surface area contributed by atoms with Gasteiger partial charge < -0.3 is 29.9 Å². The number of imide groups is 2. The molecule has 21 heteroatoms. The van der Waals surface area contributed by atoms with Crippen LogP contribution >= 0.6 is 0 Å². The van der Waals surface area contributed by atoms with E-state index in [-0.39, 0.29) is 59.5 Å². The van der Waals surface area contributed by atoms with Gasteiger partial charge >= 0.3 is 0 Å². The van der Waals surface area contributed by atoms with Crippen LogP contribution in [0.3, 0.4) is 0 Å². The van der Waals surface area contributed by atoms with Crippen LogP contribution in [0, 0.1) is 5.92 Å². The van der Waals surface area contributed by atoms with Gasteiger partial charge in [-0.15, -0.1) is 0 Å². The Hall–Kier alpha value is -5.90. The lowest BCUT2D eigenvalue weighted by Gasteiger charge is -2.36. The Bertz CT molecular complexity index is 2530. The third-order valence-corrected chi connectivity index (χ3v) is 13.9. The van der Waals surface area contributed by atoms with E-state index in [0.717, 1.165) is 88.5 Å². The summed E-state index contributed by atoms with van der Waals surface area (Å²) in [5.41, 5.74) is 1.08. The van der Waals surface area contributed by atoms with Crippen LogP contribution in [0.15, 0.2) is 42.9 Å². The zero-order chi connectivity index (χ0) is 45.6. The number of amides is 5. The molecule has 0 radical (unpaired) electrons.